The third-order valence-corrected chi connectivity index (χ3v) is 4.21. The number of hydrogen-bond acceptors (Lipinski definition) is 3. The highest BCUT2D eigenvalue weighted by atomic mass is 16.5. The Morgan fingerprint density at radius 2 is 1.38 bits per heavy atom. The van der Waals surface area contributed by atoms with Gasteiger partial charge in [0.05, 0.1) is 7.11 Å². The third-order valence-electron chi connectivity index (χ3n) is 4.21. The standard InChI is InChI=1S/C21H30N2O.C2H6/c1-5-18-8-6-9-19(14-18)16-23(13-12-22(2)3)17-20-10-7-11-21(15-20)24-4;1-2/h6-11,14-15H,5,12-13,16-17H2,1-4H3;1-2H3. The van der Waals surface area contributed by atoms with Crippen molar-refractivity contribution in [1.29, 1.82) is 0 Å². The predicted octanol–water partition coefficient (Wildman–Crippen LogP) is 4.85. The highest BCUT2D eigenvalue weighted by molar-refractivity contribution is 5.28. The van der Waals surface area contributed by atoms with Gasteiger partial charge in [-0.1, -0.05) is 57.2 Å². The Morgan fingerprint density at radius 3 is 1.96 bits per heavy atom. The van der Waals surface area contributed by atoms with Crippen molar-refractivity contribution in [2.45, 2.75) is 40.3 Å². The van der Waals surface area contributed by atoms with Crippen molar-refractivity contribution in [3.8, 4) is 5.75 Å². The van der Waals surface area contributed by atoms with E-state index in [1.165, 1.54) is 16.7 Å². The van der Waals surface area contributed by atoms with E-state index in [0.29, 0.717) is 0 Å². The van der Waals surface area contributed by atoms with E-state index in [4.69, 9.17) is 4.74 Å². The van der Waals surface area contributed by atoms with Crippen molar-refractivity contribution in [2.75, 3.05) is 34.3 Å². The summed E-state index contributed by atoms with van der Waals surface area (Å²) in [6.07, 6.45) is 1.08. The molecule has 2 aromatic rings. The number of likely N-dealkylation sites (N-methyl/N-ethyl adjacent to an activating group) is 1. The molecule has 0 atom stereocenters. The van der Waals surface area contributed by atoms with Crippen LogP contribution in [0.1, 0.15) is 37.5 Å². The van der Waals surface area contributed by atoms with Crippen LogP contribution in [0, 0.1) is 0 Å². The lowest BCUT2D eigenvalue weighted by atomic mass is 10.1. The zero-order chi connectivity index (χ0) is 19.4. The number of hydrogen-bond donors (Lipinski definition) is 0. The summed E-state index contributed by atoms with van der Waals surface area (Å²) in [7, 11) is 5.97. The molecule has 0 radical (unpaired) electrons. The van der Waals surface area contributed by atoms with E-state index in [9.17, 15) is 0 Å². The van der Waals surface area contributed by atoms with Gasteiger partial charge in [-0.2, -0.15) is 0 Å². The van der Waals surface area contributed by atoms with Crippen LogP contribution in [0.5, 0.6) is 5.75 Å². The number of ether oxygens (including phenoxy) is 1. The Hall–Kier alpha value is -1.84. The highest BCUT2D eigenvalue weighted by Gasteiger charge is 2.09. The molecule has 3 nitrogen and oxygen atoms in total. The molecule has 3 heteroatoms. The van der Waals surface area contributed by atoms with Crippen LogP contribution < -0.4 is 4.74 Å². The molecule has 2 aromatic carbocycles. The Morgan fingerprint density at radius 1 is 0.808 bits per heavy atom. The van der Waals surface area contributed by atoms with Crippen LogP contribution in [0.2, 0.25) is 0 Å². The third kappa shape index (κ3) is 8.03. The van der Waals surface area contributed by atoms with Gasteiger partial charge in [0, 0.05) is 26.2 Å². The lowest BCUT2D eigenvalue weighted by Gasteiger charge is -2.24. The molecule has 2 rings (SSSR count). The fourth-order valence-corrected chi connectivity index (χ4v) is 2.79. The largest absolute Gasteiger partial charge is 0.497 e. The van der Waals surface area contributed by atoms with E-state index in [2.05, 4.69) is 73.3 Å². The molecule has 144 valence electrons. The van der Waals surface area contributed by atoms with E-state index < -0.39 is 0 Å². The molecule has 0 aliphatic rings. The quantitative estimate of drug-likeness (QED) is 0.639. The van der Waals surface area contributed by atoms with Gasteiger partial charge in [0.15, 0.2) is 0 Å². The minimum absolute atomic E-state index is 0.924. The molecule has 0 aliphatic carbocycles. The first-order chi connectivity index (χ1) is 12.6. The molecule has 0 fully saturated rings. The average molecular weight is 357 g/mol. The van der Waals surface area contributed by atoms with Crippen LogP contribution in [0.15, 0.2) is 48.5 Å². The molecule has 0 spiro atoms. The fraction of sp³-hybridized carbons (Fsp3) is 0.478. The van der Waals surface area contributed by atoms with Gasteiger partial charge in [-0.25, -0.2) is 0 Å². The summed E-state index contributed by atoms with van der Waals surface area (Å²) in [5, 5.41) is 0. The summed E-state index contributed by atoms with van der Waals surface area (Å²) in [6.45, 7) is 10.2. The first-order valence-electron chi connectivity index (χ1n) is 9.68. The average Bonchev–Trinajstić information content (AvgIpc) is 2.68. The Bertz CT molecular complexity index is 576. The van der Waals surface area contributed by atoms with E-state index in [1.54, 1.807) is 7.11 Å². The second kappa shape index (κ2) is 12.5. The Kier molecular flexibility index (Phi) is 10.7. The molecule has 0 saturated heterocycles. The van der Waals surface area contributed by atoms with Gasteiger partial charge in [-0.15, -0.1) is 0 Å². The first-order valence-corrected chi connectivity index (χ1v) is 9.68. The van der Waals surface area contributed by atoms with Crippen molar-refractivity contribution < 1.29 is 4.74 Å². The molecular formula is C23H36N2O. The monoisotopic (exact) mass is 356 g/mol. The number of methoxy groups -OCH3 is 1. The van der Waals surface area contributed by atoms with Crippen LogP contribution in [0.3, 0.4) is 0 Å². The Labute approximate surface area is 160 Å². The maximum absolute atomic E-state index is 5.36. The lowest BCUT2D eigenvalue weighted by Crippen LogP contribution is -2.31. The van der Waals surface area contributed by atoms with Gasteiger partial charge < -0.3 is 9.64 Å². The highest BCUT2D eigenvalue weighted by Crippen LogP contribution is 2.16. The molecule has 0 amide bonds. The zero-order valence-electron chi connectivity index (χ0n) is 17.5. The van der Waals surface area contributed by atoms with Gasteiger partial charge >= 0.3 is 0 Å². The van der Waals surface area contributed by atoms with E-state index >= 15 is 0 Å². The summed E-state index contributed by atoms with van der Waals surface area (Å²) < 4.78 is 5.36. The molecule has 0 aliphatic heterocycles. The minimum atomic E-state index is 0.924. The smallest absolute Gasteiger partial charge is 0.119 e. The molecule has 0 heterocycles. The summed E-state index contributed by atoms with van der Waals surface area (Å²) in [4.78, 5) is 4.74. The van der Waals surface area contributed by atoms with Gasteiger partial charge in [0.2, 0.25) is 0 Å². The second-order valence-electron chi connectivity index (χ2n) is 6.54. The van der Waals surface area contributed by atoms with Crippen LogP contribution in [0.4, 0.5) is 0 Å². The topological polar surface area (TPSA) is 15.7 Å². The van der Waals surface area contributed by atoms with Gasteiger partial charge in [-0.3, -0.25) is 4.90 Å². The van der Waals surface area contributed by atoms with Crippen molar-refractivity contribution in [3.05, 3.63) is 65.2 Å². The van der Waals surface area contributed by atoms with Gasteiger partial charge in [0.25, 0.3) is 0 Å². The second-order valence-corrected chi connectivity index (χ2v) is 6.54. The van der Waals surface area contributed by atoms with Crippen LogP contribution in [-0.4, -0.2) is 44.1 Å². The molecule has 0 aromatic heterocycles. The maximum atomic E-state index is 5.36. The summed E-state index contributed by atoms with van der Waals surface area (Å²) >= 11 is 0. The number of rotatable bonds is 9. The number of nitrogens with zero attached hydrogens (tertiary/aromatic N) is 2. The number of benzene rings is 2. The molecule has 0 saturated carbocycles. The molecule has 0 unspecified atom stereocenters. The van der Waals surface area contributed by atoms with Crippen LogP contribution in [-0.2, 0) is 19.5 Å². The minimum Gasteiger partial charge on any atom is -0.497 e. The van der Waals surface area contributed by atoms with Crippen molar-refractivity contribution in [3.63, 3.8) is 0 Å². The van der Waals surface area contributed by atoms with E-state index in [1.807, 2.05) is 19.9 Å². The molecule has 26 heavy (non-hydrogen) atoms. The van der Waals surface area contributed by atoms with E-state index in [-0.39, 0.29) is 0 Å². The van der Waals surface area contributed by atoms with Crippen molar-refractivity contribution >= 4 is 0 Å². The van der Waals surface area contributed by atoms with Crippen LogP contribution in [0.25, 0.3) is 0 Å². The SMILES string of the molecule is CC.CCc1cccc(CN(CCN(C)C)Cc2cccc(OC)c2)c1. The fourth-order valence-electron chi connectivity index (χ4n) is 2.79. The summed E-state index contributed by atoms with van der Waals surface area (Å²) in [5.74, 6) is 0.924. The summed E-state index contributed by atoms with van der Waals surface area (Å²) in [6, 6.07) is 17.3. The molecular weight excluding hydrogens is 320 g/mol. The summed E-state index contributed by atoms with van der Waals surface area (Å²) in [5.41, 5.74) is 4.08. The lowest BCUT2D eigenvalue weighted by molar-refractivity contribution is 0.226. The predicted molar refractivity (Wildman–Crippen MR) is 113 cm³/mol. The molecule has 0 N–H and O–H groups in total. The molecule has 0 bridgehead atoms. The Balaban J connectivity index is 0.00000163. The number of aryl methyl sites for hydroxylation is 1. The zero-order valence-corrected chi connectivity index (χ0v) is 17.5. The van der Waals surface area contributed by atoms with Crippen molar-refractivity contribution in [2.24, 2.45) is 0 Å². The normalized spacial score (nSPS) is 10.6. The first kappa shape index (κ1) is 22.2. The van der Waals surface area contributed by atoms with Gasteiger partial charge in [-0.05, 0) is 49.3 Å². The van der Waals surface area contributed by atoms with E-state index in [0.717, 1.165) is 38.3 Å². The van der Waals surface area contributed by atoms with Crippen LogP contribution >= 0.6 is 0 Å². The van der Waals surface area contributed by atoms with Gasteiger partial charge in [0.1, 0.15) is 5.75 Å². The van der Waals surface area contributed by atoms with Crippen molar-refractivity contribution in [1.82, 2.24) is 9.80 Å². The maximum Gasteiger partial charge on any atom is 0.119 e.